The number of aromatic nitrogens is 3. The lowest BCUT2D eigenvalue weighted by Gasteiger charge is -2.08. The summed E-state index contributed by atoms with van der Waals surface area (Å²) in [4.78, 5) is 30.1. The van der Waals surface area contributed by atoms with Crippen LogP contribution in [0.25, 0.3) is 16.8 Å². The van der Waals surface area contributed by atoms with Crippen molar-refractivity contribution in [2.45, 2.75) is 6.54 Å². The first kappa shape index (κ1) is 14.9. The molecule has 0 aliphatic carbocycles. The van der Waals surface area contributed by atoms with Gasteiger partial charge in [-0.05, 0) is 35.9 Å². The van der Waals surface area contributed by atoms with Crippen molar-refractivity contribution >= 4 is 17.0 Å². The second-order valence-electron chi connectivity index (χ2n) is 5.55. The molecule has 4 aromatic rings. The van der Waals surface area contributed by atoms with Crippen LogP contribution in [0.3, 0.4) is 0 Å². The van der Waals surface area contributed by atoms with Gasteiger partial charge in [0.15, 0.2) is 5.58 Å². The van der Waals surface area contributed by atoms with Crippen LogP contribution in [-0.4, -0.2) is 20.4 Å². The summed E-state index contributed by atoms with van der Waals surface area (Å²) in [6, 6.07) is 12.6. The van der Waals surface area contributed by atoms with Crippen molar-refractivity contribution < 1.29 is 9.21 Å². The highest BCUT2D eigenvalue weighted by Gasteiger charge is 2.09. The molecule has 0 spiro atoms. The van der Waals surface area contributed by atoms with Crippen LogP contribution in [-0.2, 0) is 6.54 Å². The summed E-state index contributed by atoms with van der Waals surface area (Å²) >= 11 is 0. The molecule has 25 heavy (non-hydrogen) atoms. The van der Waals surface area contributed by atoms with Crippen LogP contribution < -0.4 is 11.1 Å². The minimum atomic E-state index is -0.538. The average molecular weight is 334 g/mol. The predicted molar refractivity (Wildman–Crippen MR) is 91.6 cm³/mol. The minimum Gasteiger partial charge on any atom is -0.408 e. The Morgan fingerprint density at radius 3 is 3.00 bits per heavy atom. The van der Waals surface area contributed by atoms with E-state index in [1.54, 1.807) is 30.7 Å². The molecule has 2 N–H and O–H groups in total. The molecule has 2 aromatic carbocycles. The van der Waals surface area contributed by atoms with Crippen molar-refractivity contribution in [2.24, 2.45) is 0 Å². The van der Waals surface area contributed by atoms with Crippen molar-refractivity contribution in [3.8, 4) is 5.69 Å². The monoisotopic (exact) mass is 334 g/mol. The zero-order valence-corrected chi connectivity index (χ0v) is 13.1. The third-order valence-electron chi connectivity index (χ3n) is 3.85. The van der Waals surface area contributed by atoms with E-state index in [9.17, 15) is 9.59 Å². The summed E-state index contributed by atoms with van der Waals surface area (Å²) in [6.45, 7) is 0.390. The fourth-order valence-corrected chi connectivity index (χ4v) is 2.62. The average Bonchev–Trinajstić information content (AvgIpc) is 3.27. The first-order valence-corrected chi connectivity index (χ1v) is 7.67. The lowest BCUT2D eigenvalue weighted by atomic mass is 10.1. The summed E-state index contributed by atoms with van der Waals surface area (Å²) in [7, 11) is 0. The SMILES string of the molecule is O=C(NCc1cccc(-n2ccnc2)c1)c1ccc2oc(=O)[nH]c2c1. The Morgan fingerprint density at radius 1 is 1.24 bits per heavy atom. The van der Waals surface area contributed by atoms with Gasteiger partial charge in [0.25, 0.3) is 5.91 Å². The summed E-state index contributed by atoms with van der Waals surface area (Å²) in [6.07, 6.45) is 5.29. The molecule has 1 amide bonds. The van der Waals surface area contributed by atoms with Gasteiger partial charge in [0.05, 0.1) is 11.8 Å². The van der Waals surface area contributed by atoms with E-state index in [4.69, 9.17) is 4.42 Å². The normalized spacial score (nSPS) is 10.9. The number of rotatable bonds is 4. The number of aromatic amines is 1. The van der Waals surface area contributed by atoms with E-state index < -0.39 is 5.76 Å². The van der Waals surface area contributed by atoms with Crippen LogP contribution in [0.15, 0.2) is 70.4 Å². The van der Waals surface area contributed by atoms with E-state index in [0.29, 0.717) is 23.2 Å². The van der Waals surface area contributed by atoms with Crippen molar-refractivity contribution in [2.75, 3.05) is 0 Å². The lowest BCUT2D eigenvalue weighted by molar-refractivity contribution is 0.0951. The third-order valence-corrected chi connectivity index (χ3v) is 3.85. The fraction of sp³-hybridized carbons (Fsp3) is 0.0556. The molecule has 2 heterocycles. The molecule has 124 valence electrons. The molecule has 0 saturated heterocycles. The first-order valence-electron chi connectivity index (χ1n) is 7.67. The number of H-pyrrole nitrogens is 1. The number of hydrogen-bond acceptors (Lipinski definition) is 4. The number of nitrogens with one attached hydrogen (secondary N) is 2. The number of imidazole rings is 1. The van der Waals surface area contributed by atoms with E-state index in [1.807, 2.05) is 35.0 Å². The summed E-state index contributed by atoms with van der Waals surface area (Å²) in [5, 5.41) is 2.87. The molecule has 7 heteroatoms. The zero-order chi connectivity index (χ0) is 17.2. The summed E-state index contributed by atoms with van der Waals surface area (Å²) < 4.78 is 6.83. The first-order chi connectivity index (χ1) is 12.2. The summed E-state index contributed by atoms with van der Waals surface area (Å²) in [5.41, 5.74) is 3.32. The van der Waals surface area contributed by atoms with E-state index in [-0.39, 0.29) is 5.91 Å². The van der Waals surface area contributed by atoms with Crippen molar-refractivity contribution in [1.82, 2.24) is 19.9 Å². The van der Waals surface area contributed by atoms with Crippen molar-refractivity contribution in [1.29, 1.82) is 0 Å². The van der Waals surface area contributed by atoms with Crippen molar-refractivity contribution in [3.63, 3.8) is 0 Å². The molecule has 0 saturated carbocycles. The molecule has 0 unspecified atom stereocenters. The van der Waals surface area contributed by atoms with Crippen LogP contribution >= 0.6 is 0 Å². The van der Waals surface area contributed by atoms with Gasteiger partial charge in [-0.15, -0.1) is 0 Å². The molecular weight excluding hydrogens is 320 g/mol. The fourth-order valence-electron chi connectivity index (χ4n) is 2.62. The number of hydrogen-bond donors (Lipinski definition) is 2. The molecule has 0 aliphatic heterocycles. The standard InChI is InChI=1S/C18H14N4O3/c23-17(13-4-5-16-15(9-13)21-18(24)25-16)20-10-12-2-1-3-14(8-12)22-7-6-19-11-22/h1-9,11H,10H2,(H,20,23)(H,21,24). The molecule has 0 aliphatic rings. The van der Waals surface area contributed by atoms with Gasteiger partial charge in [-0.25, -0.2) is 9.78 Å². The second-order valence-corrected chi connectivity index (χ2v) is 5.55. The van der Waals surface area contributed by atoms with Gasteiger partial charge < -0.3 is 14.3 Å². The predicted octanol–water partition coefficient (Wildman–Crippen LogP) is 2.24. The topological polar surface area (TPSA) is 92.9 Å². The van der Waals surface area contributed by atoms with Gasteiger partial charge in [0, 0.05) is 30.2 Å². The molecule has 0 radical (unpaired) electrons. The number of nitrogens with zero attached hydrogens (tertiary/aromatic N) is 2. The van der Waals surface area contributed by atoms with Gasteiger partial charge in [-0.3, -0.25) is 9.78 Å². The largest absolute Gasteiger partial charge is 0.417 e. The van der Waals surface area contributed by atoms with Gasteiger partial charge in [0.2, 0.25) is 0 Å². The molecule has 0 atom stereocenters. The van der Waals surface area contributed by atoms with Crippen LogP contribution in [0.1, 0.15) is 15.9 Å². The highest BCUT2D eigenvalue weighted by molar-refractivity contribution is 5.97. The third kappa shape index (κ3) is 3.07. The number of carbonyl (C=O) groups excluding carboxylic acids is 1. The Morgan fingerprint density at radius 2 is 2.16 bits per heavy atom. The minimum absolute atomic E-state index is 0.225. The molecule has 4 rings (SSSR count). The number of carbonyl (C=O) groups is 1. The number of benzene rings is 2. The smallest absolute Gasteiger partial charge is 0.408 e. The molecule has 2 aromatic heterocycles. The van der Waals surface area contributed by atoms with Gasteiger partial charge in [-0.1, -0.05) is 12.1 Å². The quantitative estimate of drug-likeness (QED) is 0.598. The molecule has 0 fully saturated rings. The number of oxazole rings is 1. The van der Waals surface area contributed by atoms with E-state index in [2.05, 4.69) is 15.3 Å². The Bertz CT molecular complexity index is 1090. The second kappa shape index (κ2) is 6.12. The maximum absolute atomic E-state index is 12.3. The van der Waals surface area contributed by atoms with E-state index in [0.717, 1.165) is 11.3 Å². The van der Waals surface area contributed by atoms with Crippen LogP contribution in [0.2, 0.25) is 0 Å². The number of fused-ring (bicyclic) bond motifs is 1. The molecular formula is C18H14N4O3. The van der Waals surface area contributed by atoms with E-state index in [1.165, 1.54) is 0 Å². The Labute approximate surface area is 141 Å². The Balaban J connectivity index is 1.49. The Kier molecular flexibility index (Phi) is 3.66. The maximum Gasteiger partial charge on any atom is 0.417 e. The Hall–Kier alpha value is -3.61. The van der Waals surface area contributed by atoms with Gasteiger partial charge in [0.1, 0.15) is 0 Å². The summed E-state index contributed by atoms with van der Waals surface area (Å²) in [5.74, 6) is -0.763. The highest BCUT2D eigenvalue weighted by Crippen LogP contribution is 2.13. The van der Waals surface area contributed by atoms with Crippen LogP contribution in [0.5, 0.6) is 0 Å². The van der Waals surface area contributed by atoms with E-state index >= 15 is 0 Å². The maximum atomic E-state index is 12.3. The van der Waals surface area contributed by atoms with Crippen LogP contribution in [0.4, 0.5) is 0 Å². The zero-order valence-electron chi connectivity index (χ0n) is 13.1. The lowest BCUT2D eigenvalue weighted by Crippen LogP contribution is -2.22. The number of amides is 1. The molecule has 7 nitrogen and oxygen atoms in total. The van der Waals surface area contributed by atoms with Crippen LogP contribution in [0, 0.1) is 0 Å². The molecule has 0 bridgehead atoms. The van der Waals surface area contributed by atoms with Crippen molar-refractivity contribution in [3.05, 3.63) is 82.9 Å². The van der Waals surface area contributed by atoms with Gasteiger partial charge >= 0.3 is 5.76 Å². The van der Waals surface area contributed by atoms with Gasteiger partial charge in [-0.2, -0.15) is 0 Å². The highest BCUT2D eigenvalue weighted by atomic mass is 16.4.